The zero-order chi connectivity index (χ0) is 13.4. The second kappa shape index (κ2) is 7.21. The van der Waals surface area contributed by atoms with Crippen LogP contribution in [0, 0.1) is 0 Å². The minimum absolute atomic E-state index is 0.131. The average molecular weight is 248 g/mol. The van der Waals surface area contributed by atoms with Gasteiger partial charge in [0, 0.05) is 6.42 Å². The van der Waals surface area contributed by atoms with E-state index in [1.807, 2.05) is 18.2 Å². The Morgan fingerprint density at radius 1 is 1.28 bits per heavy atom. The summed E-state index contributed by atoms with van der Waals surface area (Å²) in [5.41, 5.74) is 0.450. The summed E-state index contributed by atoms with van der Waals surface area (Å²) in [5.74, 6) is -0.801. The Hall–Kier alpha value is -2.17. The van der Waals surface area contributed by atoms with Gasteiger partial charge in [-0.1, -0.05) is 25.1 Å². The van der Waals surface area contributed by atoms with Crippen molar-refractivity contribution < 1.29 is 14.6 Å². The van der Waals surface area contributed by atoms with Gasteiger partial charge in [0.25, 0.3) is 0 Å². The number of aliphatic hydroxyl groups is 1. The fourth-order valence-electron chi connectivity index (χ4n) is 1.19. The number of carbonyl (C=O) groups excluding carboxylic acids is 1. The lowest BCUT2D eigenvalue weighted by Gasteiger charge is -2.03. The van der Waals surface area contributed by atoms with Gasteiger partial charge in [-0.15, -0.1) is 5.11 Å². The molecule has 1 N–H and O–H groups in total. The molecule has 0 radical (unpaired) electrons. The highest BCUT2D eigenvalue weighted by Crippen LogP contribution is 2.15. The van der Waals surface area contributed by atoms with Gasteiger partial charge in [0.2, 0.25) is 5.70 Å². The van der Waals surface area contributed by atoms with E-state index in [-0.39, 0.29) is 18.1 Å². The number of carbonyl (C=O) groups is 1. The molecule has 0 saturated heterocycles. The molecule has 0 saturated carbocycles. The van der Waals surface area contributed by atoms with Crippen LogP contribution >= 0.6 is 0 Å². The van der Waals surface area contributed by atoms with E-state index in [9.17, 15) is 9.90 Å². The predicted octanol–water partition coefficient (Wildman–Crippen LogP) is 3.51. The Labute approximate surface area is 106 Å². The zero-order valence-corrected chi connectivity index (χ0v) is 10.5. The Balaban J connectivity index is 2.93. The van der Waals surface area contributed by atoms with E-state index >= 15 is 0 Å². The smallest absolute Gasteiger partial charge is 0.362 e. The van der Waals surface area contributed by atoms with Gasteiger partial charge in [-0.2, -0.15) is 5.11 Å². The first-order valence-corrected chi connectivity index (χ1v) is 5.75. The van der Waals surface area contributed by atoms with Gasteiger partial charge in [-0.05, 0) is 19.1 Å². The summed E-state index contributed by atoms with van der Waals surface area (Å²) in [6.45, 7) is 3.62. The first-order valence-electron chi connectivity index (χ1n) is 5.75. The van der Waals surface area contributed by atoms with E-state index in [0.717, 1.165) is 0 Å². The third-order valence-corrected chi connectivity index (χ3v) is 2.10. The molecule has 1 rings (SSSR count). The van der Waals surface area contributed by atoms with Gasteiger partial charge in [-0.3, -0.25) is 0 Å². The summed E-state index contributed by atoms with van der Waals surface area (Å²) in [6, 6.07) is 8.96. The molecule has 0 unspecified atom stereocenters. The number of allylic oxidation sites excluding steroid dienone is 1. The van der Waals surface area contributed by atoms with Crippen LogP contribution in [-0.4, -0.2) is 17.7 Å². The Kier molecular flexibility index (Phi) is 5.57. The van der Waals surface area contributed by atoms with Crippen LogP contribution in [0.1, 0.15) is 20.3 Å². The summed E-state index contributed by atoms with van der Waals surface area (Å²) < 4.78 is 4.80. The van der Waals surface area contributed by atoms with E-state index in [0.29, 0.717) is 12.1 Å². The number of hydrogen-bond acceptors (Lipinski definition) is 5. The van der Waals surface area contributed by atoms with Crippen LogP contribution in [0.2, 0.25) is 0 Å². The first kappa shape index (κ1) is 13.9. The molecule has 0 spiro atoms. The summed E-state index contributed by atoms with van der Waals surface area (Å²) >= 11 is 0. The third kappa shape index (κ3) is 4.01. The van der Waals surface area contributed by atoms with E-state index in [1.165, 1.54) is 0 Å². The van der Waals surface area contributed by atoms with Crippen molar-refractivity contribution in [2.75, 3.05) is 6.61 Å². The topological polar surface area (TPSA) is 71.2 Å². The van der Waals surface area contributed by atoms with Crippen molar-refractivity contribution in [1.29, 1.82) is 0 Å². The minimum atomic E-state index is -0.670. The molecular weight excluding hydrogens is 232 g/mol. The Morgan fingerprint density at radius 2 is 1.94 bits per heavy atom. The summed E-state index contributed by atoms with van der Waals surface area (Å²) in [6.07, 6.45) is 0.294. The van der Waals surface area contributed by atoms with Gasteiger partial charge in [0.15, 0.2) is 0 Å². The van der Waals surface area contributed by atoms with Crippen LogP contribution in [0.15, 0.2) is 52.0 Å². The van der Waals surface area contributed by atoms with E-state index in [2.05, 4.69) is 10.2 Å². The van der Waals surface area contributed by atoms with Gasteiger partial charge < -0.3 is 9.84 Å². The number of benzene rings is 1. The maximum atomic E-state index is 11.6. The third-order valence-electron chi connectivity index (χ3n) is 2.10. The summed E-state index contributed by atoms with van der Waals surface area (Å²) in [5, 5.41) is 17.3. The molecule has 0 aliphatic heterocycles. The highest BCUT2D eigenvalue weighted by molar-refractivity contribution is 5.88. The molecule has 0 heterocycles. The lowest BCUT2D eigenvalue weighted by Crippen LogP contribution is -2.08. The fraction of sp³-hybridized carbons (Fsp3) is 0.308. The molecule has 0 atom stereocenters. The fourth-order valence-corrected chi connectivity index (χ4v) is 1.19. The van der Waals surface area contributed by atoms with Gasteiger partial charge >= 0.3 is 5.97 Å². The average Bonchev–Trinajstić information content (AvgIpc) is 2.40. The first-order chi connectivity index (χ1) is 8.69. The molecule has 0 bridgehead atoms. The molecule has 0 aliphatic rings. The number of aliphatic hydroxyl groups excluding tert-OH is 1. The predicted molar refractivity (Wildman–Crippen MR) is 67.5 cm³/mol. The number of ether oxygens (including phenoxy) is 1. The zero-order valence-electron chi connectivity index (χ0n) is 10.5. The molecule has 96 valence electrons. The van der Waals surface area contributed by atoms with E-state index < -0.39 is 5.97 Å². The quantitative estimate of drug-likeness (QED) is 0.375. The van der Waals surface area contributed by atoms with Crippen LogP contribution in [-0.2, 0) is 9.53 Å². The second-order valence-electron chi connectivity index (χ2n) is 3.40. The number of rotatable bonds is 5. The second-order valence-corrected chi connectivity index (χ2v) is 3.40. The standard InChI is InChI=1S/C13H16N2O3/c1-3-11(16)12(13(17)18-4-2)15-14-10-8-6-5-7-9-10/h5-9,16H,3-4H2,1-2H3. The normalized spacial score (nSPS) is 12.3. The van der Waals surface area contributed by atoms with Crippen molar-refractivity contribution in [3.8, 4) is 0 Å². The van der Waals surface area contributed by atoms with E-state index in [4.69, 9.17) is 4.74 Å². The van der Waals surface area contributed by atoms with Crippen molar-refractivity contribution in [1.82, 2.24) is 0 Å². The molecule has 0 amide bonds. The Bertz CT molecular complexity index is 453. The van der Waals surface area contributed by atoms with Crippen LogP contribution in [0.25, 0.3) is 0 Å². The largest absolute Gasteiger partial charge is 0.510 e. The van der Waals surface area contributed by atoms with Crippen LogP contribution in [0.5, 0.6) is 0 Å². The van der Waals surface area contributed by atoms with Gasteiger partial charge in [0.05, 0.1) is 12.3 Å². The molecule has 0 aromatic heterocycles. The Morgan fingerprint density at radius 3 is 2.50 bits per heavy atom. The number of nitrogens with zero attached hydrogens (tertiary/aromatic N) is 2. The van der Waals surface area contributed by atoms with Crippen molar-refractivity contribution >= 4 is 11.7 Å². The highest BCUT2D eigenvalue weighted by Gasteiger charge is 2.15. The number of esters is 1. The van der Waals surface area contributed by atoms with Crippen LogP contribution < -0.4 is 0 Å². The van der Waals surface area contributed by atoms with Crippen molar-refractivity contribution in [2.24, 2.45) is 10.2 Å². The number of hydrogen-bond donors (Lipinski definition) is 1. The van der Waals surface area contributed by atoms with Crippen LogP contribution in [0.3, 0.4) is 0 Å². The molecule has 1 aromatic carbocycles. The monoisotopic (exact) mass is 248 g/mol. The summed E-state index contributed by atoms with van der Waals surface area (Å²) in [7, 11) is 0. The SMILES string of the molecule is CCOC(=O)C(N=Nc1ccccc1)=C(O)CC. The minimum Gasteiger partial charge on any atom is -0.510 e. The van der Waals surface area contributed by atoms with E-state index in [1.54, 1.807) is 26.0 Å². The lowest BCUT2D eigenvalue weighted by molar-refractivity contribution is -0.138. The maximum absolute atomic E-state index is 11.6. The van der Waals surface area contributed by atoms with Gasteiger partial charge in [0.1, 0.15) is 5.76 Å². The number of azo groups is 1. The molecule has 1 aromatic rings. The van der Waals surface area contributed by atoms with Crippen molar-refractivity contribution in [2.45, 2.75) is 20.3 Å². The highest BCUT2D eigenvalue weighted by atomic mass is 16.5. The lowest BCUT2D eigenvalue weighted by atomic mass is 10.3. The molecule has 18 heavy (non-hydrogen) atoms. The van der Waals surface area contributed by atoms with Gasteiger partial charge in [-0.25, -0.2) is 4.79 Å². The molecule has 5 nitrogen and oxygen atoms in total. The molecule has 0 fully saturated rings. The molecule has 0 aliphatic carbocycles. The summed E-state index contributed by atoms with van der Waals surface area (Å²) in [4.78, 5) is 11.6. The van der Waals surface area contributed by atoms with Crippen molar-refractivity contribution in [3.63, 3.8) is 0 Å². The van der Waals surface area contributed by atoms with Crippen LogP contribution in [0.4, 0.5) is 5.69 Å². The van der Waals surface area contributed by atoms with Crippen molar-refractivity contribution in [3.05, 3.63) is 41.8 Å². The molecule has 5 heteroatoms. The molecular formula is C13H16N2O3. The maximum Gasteiger partial charge on any atom is 0.362 e.